The maximum absolute atomic E-state index is 14.0. The van der Waals surface area contributed by atoms with Gasteiger partial charge in [-0.3, -0.25) is 4.90 Å². The largest absolute Gasteiger partial charge is 0.390 e. The molecule has 0 amide bonds. The zero-order valence-corrected chi connectivity index (χ0v) is 11.4. The Morgan fingerprint density at radius 1 is 1.25 bits per heavy atom. The Hall–Kier alpha value is -0.850. The lowest BCUT2D eigenvalue weighted by atomic mass is 10.00. The van der Waals surface area contributed by atoms with E-state index in [0.29, 0.717) is 26.2 Å². The van der Waals surface area contributed by atoms with Crippen LogP contribution in [0.3, 0.4) is 0 Å². The Bertz CT molecular complexity index is 458. The molecule has 7 heteroatoms. The molecule has 1 saturated heterocycles. The van der Waals surface area contributed by atoms with E-state index in [1.807, 2.05) is 0 Å². The van der Waals surface area contributed by atoms with Crippen LogP contribution < -0.4 is 5.32 Å². The van der Waals surface area contributed by atoms with Gasteiger partial charge in [0.1, 0.15) is 5.82 Å². The molecule has 20 heavy (non-hydrogen) atoms. The van der Waals surface area contributed by atoms with E-state index in [0.717, 1.165) is 0 Å². The summed E-state index contributed by atoms with van der Waals surface area (Å²) in [6, 6.07) is 3.16. The molecule has 112 valence electrons. The third kappa shape index (κ3) is 3.84. The van der Waals surface area contributed by atoms with E-state index in [4.69, 9.17) is 11.6 Å². The second-order valence-corrected chi connectivity index (χ2v) is 5.17. The van der Waals surface area contributed by atoms with Crippen molar-refractivity contribution in [1.29, 1.82) is 0 Å². The predicted molar refractivity (Wildman–Crippen MR) is 69.3 cm³/mol. The summed E-state index contributed by atoms with van der Waals surface area (Å²) in [7, 11) is 0. The standard InChI is InChI=1S/C13H15ClF4N2/c14-10-3-1-2-9(12(10)15)11(8-13(16,17)18)20-6-4-19-5-7-20/h1-3,11,19H,4-8H2/t11-/m1/s1. The van der Waals surface area contributed by atoms with Crippen LogP contribution in [0.2, 0.25) is 5.02 Å². The van der Waals surface area contributed by atoms with Crippen molar-refractivity contribution < 1.29 is 17.6 Å². The summed E-state index contributed by atoms with van der Waals surface area (Å²) in [6.45, 7) is 2.09. The Labute approximate surface area is 119 Å². The van der Waals surface area contributed by atoms with E-state index in [1.165, 1.54) is 18.2 Å². The van der Waals surface area contributed by atoms with Crippen LogP contribution in [0.4, 0.5) is 17.6 Å². The van der Waals surface area contributed by atoms with Crippen LogP contribution in [-0.4, -0.2) is 37.3 Å². The minimum absolute atomic E-state index is 0.0109. The highest BCUT2D eigenvalue weighted by Gasteiger charge is 2.37. The van der Waals surface area contributed by atoms with Crippen LogP contribution in [0.5, 0.6) is 0 Å². The zero-order valence-electron chi connectivity index (χ0n) is 10.7. The maximum atomic E-state index is 14.0. The molecule has 0 radical (unpaired) electrons. The molecular formula is C13H15ClF4N2. The molecule has 1 aliphatic rings. The lowest BCUT2D eigenvalue weighted by Crippen LogP contribution is -2.46. The molecule has 2 nitrogen and oxygen atoms in total. The maximum Gasteiger partial charge on any atom is 0.390 e. The fraction of sp³-hybridized carbons (Fsp3) is 0.538. The van der Waals surface area contributed by atoms with Gasteiger partial charge in [0.05, 0.1) is 11.4 Å². The van der Waals surface area contributed by atoms with Gasteiger partial charge in [0.15, 0.2) is 0 Å². The number of alkyl halides is 3. The van der Waals surface area contributed by atoms with E-state index in [1.54, 1.807) is 4.90 Å². The summed E-state index contributed by atoms with van der Waals surface area (Å²) >= 11 is 5.68. The van der Waals surface area contributed by atoms with Gasteiger partial charge in [-0.1, -0.05) is 23.7 Å². The van der Waals surface area contributed by atoms with Crippen LogP contribution in [0.25, 0.3) is 0 Å². The van der Waals surface area contributed by atoms with Crippen molar-refractivity contribution in [2.24, 2.45) is 0 Å². The summed E-state index contributed by atoms with van der Waals surface area (Å²) in [5, 5.41) is 2.92. The molecule has 0 aliphatic carbocycles. The Morgan fingerprint density at radius 3 is 2.50 bits per heavy atom. The number of piperazine rings is 1. The molecule has 1 atom stereocenters. The van der Waals surface area contributed by atoms with Gasteiger partial charge < -0.3 is 5.32 Å². The molecule has 2 rings (SSSR count). The van der Waals surface area contributed by atoms with Gasteiger partial charge >= 0.3 is 6.18 Å². The molecular weight excluding hydrogens is 296 g/mol. The highest BCUT2D eigenvalue weighted by Crippen LogP contribution is 2.36. The third-order valence-corrected chi connectivity index (χ3v) is 3.65. The molecule has 1 aromatic rings. The number of hydrogen-bond donors (Lipinski definition) is 1. The monoisotopic (exact) mass is 310 g/mol. The first-order valence-corrected chi connectivity index (χ1v) is 6.72. The molecule has 1 aliphatic heterocycles. The van der Waals surface area contributed by atoms with E-state index in [-0.39, 0.29) is 10.6 Å². The molecule has 1 fully saturated rings. The number of hydrogen-bond acceptors (Lipinski definition) is 2. The first-order chi connectivity index (χ1) is 9.38. The van der Waals surface area contributed by atoms with Crippen molar-refractivity contribution >= 4 is 11.6 Å². The van der Waals surface area contributed by atoms with Gasteiger partial charge in [0.2, 0.25) is 0 Å². The number of rotatable bonds is 3. The van der Waals surface area contributed by atoms with Gasteiger partial charge in [0, 0.05) is 37.8 Å². The number of nitrogens with one attached hydrogen (secondary N) is 1. The van der Waals surface area contributed by atoms with E-state index >= 15 is 0 Å². The molecule has 0 bridgehead atoms. The van der Waals surface area contributed by atoms with Crippen LogP contribution in [0.1, 0.15) is 18.0 Å². The van der Waals surface area contributed by atoms with E-state index < -0.39 is 24.5 Å². The van der Waals surface area contributed by atoms with Crippen molar-refractivity contribution in [3.05, 3.63) is 34.6 Å². The summed E-state index contributed by atoms with van der Waals surface area (Å²) in [4.78, 5) is 1.65. The van der Waals surface area contributed by atoms with E-state index in [2.05, 4.69) is 5.32 Å². The highest BCUT2D eigenvalue weighted by molar-refractivity contribution is 6.30. The van der Waals surface area contributed by atoms with Gasteiger partial charge in [-0.05, 0) is 6.07 Å². The van der Waals surface area contributed by atoms with Gasteiger partial charge in [-0.15, -0.1) is 0 Å². The van der Waals surface area contributed by atoms with Gasteiger partial charge in [-0.25, -0.2) is 4.39 Å². The summed E-state index contributed by atoms with van der Waals surface area (Å²) in [5.74, 6) is -0.762. The Morgan fingerprint density at radius 2 is 1.90 bits per heavy atom. The van der Waals surface area contributed by atoms with Crippen LogP contribution in [0, 0.1) is 5.82 Å². The lowest BCUT2D eigenvalue weighted by Gasteiger charge is -2.35. The van der Waals surface area contributed by atoms with Gasteiger partial charge in [0.25, 0.3) is 0 Å². The minimum atomic E-state index is -4.36. The van der Waals surface area contributed by atoms with Crippen molar-refractivity contribution in [1.82, 2.24) is 10.2 Å². The Balaban J connectivity index is 2.32. The lowest BCUT2D eigenvalue weighted by molar-refractivity contribution is -0.149. The van der Waals surface area contributed by atoms with Crippen molar-refractivity contribution in [3.63, 3.8) is 0 Å². The second kappa shape index (κ2) is 6.28. The van der Waals surface area contributed by atoms with E-state index in [9.17, 15) is 17.6 Å². The molecule has 1 N–H and O–H groups in total. The van der Waals surface area contributed by atoms with Crippen molar-refractivity contribution in [2.45, 2.75) is 18.6 Å². The highest BCUT2D eigenvalue weighted by atomic mass is 35.5. The first kappa shape index (κ1) is 15.5. The van der Waals surface area contributed by atoms with Crippen molar-refractivity contribution in [2.75, 3.05) is 26.2 Å². The number of halogens is 5. The molecule has 0 unspecified atom stereocenters. The molecule has 0 spiro atoms. The Kier molecular flexibility index (Phi) is 4.88. The number of benzene rings is 1. The second-order valence-electron chi connectivity index (χ2n) is 4.76. The molecule has 1 heterocycles. The summed E-state index contributed by atoms with van der Waals surface area (Å²) < 4.78 is 52.4. The summed E-state index contributed by atoms with van der Waals surface area (Å²) in [6.07, 6.45) is -5.44. The number of nitrogens with zero attached hydrogens (tertiary/aromatic N) is 1. The third-order valence-electron chi connectivity index (χ3n) is 3.36. The molecule has 0 saturated carbocycles. The van der Waals surface area contributed by atoms with Crippen LogP contribution in [0.15, 0.2) is 18.2 Å². The fourth-order valence-electron chi connectivity index (χ4n) is 2.43. The predicted octanol–water partition coefficient (Wildman–Crippen LogP) is 3.38. The van der Waals surface area contributed by atoms with Crippen LogP contribution >= 0.6 is 11.6 Å². The average molecular weight is 311 g/mol. The first-order valence-electron chi connectivity index (χ1n) is 6.34. The van der Waals surface area contributed by atoms with Crippen molar-refractivity contribution in [3.8, 4) is 0 Å². The quantitative estimate of drug-likeness (QED) is 0.861. The zero-order chi connectivity index (χ0) is 14.8. The average Bonchev–Trinajstić information content (AvgIpc) is 2.40. The fourth-order valence-corrected chi connectivity index (χ4v) is 2.61. The minimum Gasteiger partial charge on any atom is -0.314 e. The molecule has 1 aromatic carbocycles. The normalized spacial score (nSPS) is 19.1. The van der Waals surface area contributed by atoms with Gasteiger partial charge in [-0.2, -0.15) is 13.2 Å². The molecule has 0 aromatic heterocycles. The topological polar surface area (TPSA) is 15.3 Å². The SMILES string of the molecule is Fc1c(Cl)cccc1[C@@H](CC(F)(F)F)N1CCNCC1. The van der Waals surface area contributed by atoms with Crippen LogP contribution in [-0.2, 0) is 0 Å². The summed E-state index contributed by atoms with van der Waals surface area (Å²) in [5.41, 5.74) is 0.0109. The smallest absolute Gasteiger partial charge is 0.314 e.